The Morgan fingerprint density at radius 2 is 2.05 bits per heavy atom. The highest BCUT2D eigenvalue weighted by Crippen LogP contribution is 2.29. The van der Waals surface area contributed by atoms with E-state index < -0.39 is 0 Å². The molecule has 1 saturated heterocycles. The third-order valence-electron chi connectivity index (χ3n) is 4.00. The molecule has 0 unspecified atom stereocenters. The topological polar surface area (TPSA) is 65.2 Å². The first-order valence-corrected chi connectivity index (χ1v) is 7.54. The van der Waals surface area contributed by atoms with Gasteiger partial charge in [0.25, 0.3) is 0 Å². The molecule has 1 aliphatic rings. The molecule has 0 amide bonds. The Kier molecular flexibility index (Phi) is 3.94. The van der Waals surface area contributed by atoms with Crippen LogP contribution < -0.4 is 5.73 Å². The highest BCUT2D eigenvalue weighted by Gasteiger charge is 2.21. The maximum absolute atomic E-state index is 12.0. The van der Waals surface area contributed by atoms with Gasteiger partial charge in [-0.05, 0) is 17.2 Å². The molecule has 1 aromatic heterocycles. The second-order valence-electron chi connectivity index (χ2n) is 6.04. The fraction of sp³-hybridized carbons (Fsp3) is 0.333. The number of carbonyl (C=O) groups excluding carboxylic acids is 1. The van der Waals surface area contributed by atoms with Crippen LogP contribution in [0, 0.1) is 5.92 Å². The largest absolute Gasteiger partial charge is 0.397 e. The van der Waals surface area contributed by atoms with Crippen LogP contribution in [0.1, 0.15) is 35.8 Å². The molecular formula is C18H20N2O2. The van der Waals surface area contributed by atoms with Crippen molar-refractivity contribution in [2.24, 2.45) is 5.92 Å². The Morgan fingerprint density at radius 3 is 2.64 bits per heavy atom. The summed E-state index contributed by atoms with van der Waals surface area (Å²) in [6.07, 6.45) is 1.72. The summed E-state index contributed by atoms with van der Waals surface area (Å²) in [5.74, 6) is 0.346. The van der Waals surface area contributed by atoms with Crippen molar-refractivity contribution in [2.75, 3.05) is 18.9 Å². The number of nitrogens with zero attached hydrogens (tertiary/aromatic N) is 1. The van der Waals surface area contributed by atoms with E-state index in [1.54, 1.807) is 6.20 Å². The van der Waals surface area contributed by atoms with Gasteiger partial charge >= 0.3 is 0 Å². The number of nitrogen functional groups attached to an aromatic ring is 1. The molecule has 0 atom stereocenters. The number of anilines is 1. The highest BCUT2D eigenvalue weighted by molar-refractivity contribution is 6.00. The van der Waals surface area contributed by atoms with Crippen molar-refractivity contribution in [3.05, 3.63) is 47.8 Å². The van der Waals surface area contributed by atoms with Gasteiger partial charge in [-0.25, -0.2) is 0 Å². The fourth-order valence-corrected chi connectivity index (χ4v) is 2.52. The molecule has 22 heavy (non-hydrogen) atoms. The zero-order valence-corrected chi connectivity index (χ0v) is 12.9. The van der Waals surface area contributed by atoms with Gasteiger partial charge in [0.2, 0.25) is 0 Å². The van der Waals surface area contributed by atoms with Crippen molar-refractivity contribution in [1.82, 2.24) is 4.98 Å². The highest BCUT2D eigenvalue weighted by atomic mass is 16.5. The predicted octanol–water partition coefficient (Wildman–Crippen LogP) is 3.28. The number of pyridine rings is 1. The van der Waals surface area contributed by atoms with E-state index in [1.165, 1.54) is 5.56 Å². The van der Waals surface area contributed by atoms with Crippen LogP contribution in [0.5, 0.6) is 0 Å². The molecule has 1 aliphatic heterocycles. The van der Waals surface area contributed by atoms with Crippen LogP contribution in [-0.2, 0) is 4.74 Å². The van der Waals surface area contributed by atoms with Crippen LogP contribution in [0.4, 0.5) is 5.69 Å². The van der Waals surface area contributed by atoms with Crippen molar-refractivity contribution in [3.63, 3.8) is 0 Å². The van der Waals surface area contributed by atoms with Crippen molar-refractivity contribution < 1.29 is 9.53 Å². The monoisotopic (exact) mass is 296 g/mol. The third kappa shape index (κ3) is 2.74. The van der Waals surface area contributed by atoms with E-state index >= 15 is 0 Å². The molecule has 114 valence electrons. The van der Waals surface area contributed by atoms with E-state index in [0.29, 0.717) is 17.3 Å². The maximum atomic E-state index is 12.0. The van der Waals surface area contributed by atoms with Crippen LogP contribution in [0.25, 0.3) is 11.1 Å². The molecule has 2 heterocycles. The van der Waals surface area contributed by atoms with E-state index in [2.05, 4.69) is 17.1 Å². The summed E-state index contributed by atoms with van der Waals surface area (Å²) in [6, 6.07) is 10.2. The molecule has 3 rings (SSSR count). The number of benzene rings is 1. The molecule has 0 spiro atoms. The van der Waals surface area contributed by atoms with Gasteiger partial charge in [-0.3, -0.25) is 9.78 Å². The number of hydrogen-bond acceptors (Lipinski definition) is 4. The van der Waals surface area contributed by atoms with Crippen LogP contribution in [-0.4, -0.2) is 24.0 Å². The normalized spacial score (nSPS) is 14.9. The Morgan fingerprint density at radius 1 is 1.27 bits per heavy atom. The van der Waals surface area contributed by atoms with E-state index in [9.17, 15) is 4.79 Å². The van der Waals surface area contributed by atoms with E-state index in [4.69, 9.17) is 10.5 Å². The van der Waals surface area contributed by atoms with Gasteiger partial charge in [-0.15, -0.1) is 0 Å². The summed E-state index contributed by atoms with van der Waals surface area (Å²) in [4.78, 5) is 16.3. The van der Waals surface area contributed by atoms with Gasteiger partial charge in [-0.1, -0.05) is 38.1 Å². The molecular weight excluding hydrogens is 276 g/mol. The van der Waals surface area contributed by atoms with E-state index in [-0.39, 0.29) is 11.7 Å². The van der Waals surface area contributed by atoms with Crippen LogP contribution >= 0.6 is 0 Å². The second kappa shape index (κ2) is 5.89. The third-order valence-corrected chi connectivity index (χ3v) is 4.00. The van der Waals surface area contributed by atoms with Gasteiger partial charge in [0, 0.05) is 23.6 Å². The molecule has 1 fully saturated rings. The summed E-state index contributed by atoms with van der Waals surface area (Å²) < 4.78 is 5.25. The number of aromatic nitrogens is 1. The predicted molar refractivity (Wildman–Crippen MR) is 86.8 cm³/mol. The molecule has 0 bridgehead atoms. The van der Waals surface area contributed by atoms with Crippen LogP contribution in [0.15, 0.2) is 36.5 Å². The number of rotatable bonds is 4. The summed E-state index contributed by atoms with van der Waals surface area (Å²) in [7, 11) is 0. The number of ketones is 1. The summed E-state index contributed by atoms with van der Waals surface area (Å²) in [5.41, 5.74) is 10.1. The number of Topliss-reactive ketones (excluding diaryl/α,β-unsaturated/α-hetero) is 1. The lowest BCUT2D eigenvalue weighted by molar-refractivity contribution is 0.00844. The molecule has 2 N–H and O–H groups in total. The Labute approximate surface area is 130 Å². The number of carbonyl (C=O) groups is 1. The first-order chi connectivity index (χ1) is 10.6. The Bertz CT molecular complexity index is 706. The summed E-state index contributed by atoms with van der Waals surface area (Å²) in [5, 5.41) is 0. The van der Waals surface area contributed by atoms with E-state index in [1.807, 2.05) is 32.0 Å². The molecule has 0 saturated carbocycles. The quantitative estimate of drug-likeness (QED) is 0.879. The van der Waals surface area contributed by atoms with Gasteiger partial charge in [0.1, 0.15) is 5.69 Å². The number of hydrogen-bond donors (Lipinski definition) is 1. The minimum absolute atomic E-state index is 0.0237. The van der Waals surface area contributed by atoms with Gasteiger partial charge in [-0.2, -0.15) is 0 Å². The smallest absolute Gasteiger partial charge is 0.185 e. The van der Waals surface area contributed by atoms with Gasteiger partial charge < -0.3 is 10.5 Å². The van der Waals surface area contributed by atoms with Crippen molar-refractivity contribution >= 4 is 11.5 Å². The van der Waals surface area contributed by atoms with Gasteiger partial charge in [0.15, 0.2) is 5.78 Å². The number of ether oxygens (including phenoxy) is 1. The molecule has 2 aromatic rings. The zero-order chi connectivity index (χ0) is 15.7. The average Bonchev–Trinajstić information content (AvgIpc) is 2.45. The molecule has 4 heteroatoms. The Hall–Kier alpha value is -2.20. The molecule has 0 aliphatic carbocycles. The summed E-state index contributed by atoms with van der Waals surface area (Å²) >= 11 is 0. The second-order valence-corrected chi connectivity index (χ2v) is 6.04. The lowest BCUT2D eigenvalue weighted by atomic mass is 9.94. The summed E-state index contributed by atoms with van der Waals surface area (Å²) in [6.45, 7) is 5.26. The molecule has 1 aromatic carbocycles. The average molecular weight is 296 g/mol. The minimum Gasteiger partial charge on any atom is -0.397 e. The fourth-order valence-electron chi connectivity index (χ4n) is 2.52. The molecule has 0 radical (unpaired) electrons. The maximum Gasteiger partial charge on any atom is 0.185 e. The van der Waals surface area contributed by atoms with Gasteiger partial charge in [0.05, 0.1) is 18.9 Å². The van der Waals surface area contributed by atoms with Crippen LogP contribution in [0.3, 0.4) is 0 Å². The Balaban J connectivity index is 1.92. The van der Waals surface area contributed by atoms with Crippen LogP contribution in [0.2, 0.25) is 0 Å². The van der Waals surface area contributed by atoms with Crippen molar-refractivity contribution in [1.29, 1.82) is 0 Å². The van der Waals surface area contributed by atoms with Crippen molar-refractivity contribution in [3.8, 4) is 11.1 Å². The number of nitrogens with two attached hydrogens (primary N) is 1. The zero-order valence-electron chi connectivity index (χ0n) is 12.9. The lowest BCUT2D eigenvalue weighted by Gasteiger charge is -2.26. The van der Waals surface area contributed by atoms with E-state index in [0.717, 1.165) is 24.3 Å². The molecule has 4 nitrogen and oxygen atoms in total. The van der Waals surface area contributed by atoms with Crippen molar-refractivity contribution in [2.45, 2.75) is 19.8 Å². The SMILES string of the molecule is CC(C)C(=O)c1ncc(-c2cccc(C3COC3)c2)cc1N. The lowest BCUT2D eigenvalue weighted by Crippen LogP contribution is -2.24. The standard InChI is InChI=1S/C18H20N2O2/c1-11(2)18(21)17-16(19)7-14(8-20-17)12-4-3-5-13(6-12)15-9-22-10-15/h3-8,11,15H,9-10,19H2,1-2H3. The first kappa shape index (κ1) is 14.7. The first-order valence-electron chi connectivity index (χ1n) is 7.54. The minimum atomic E-state index is -0.109.